The number of hydrogen-bond donors (Lipinski definition) is 3. The van der Waals surface area contributed by atoms with E-state index in [0.717, 1.165) is 43.5 Å². The van der Waals surface area contributed by atoms with Gasteiger partial charge in [-0.1, -0.05) is 0 Å². The van der Waals surface area contributed by atoms with E-state index in [9.17, 15) is 24.9 Å². The van der Waals surface area contributed by atoms with Crippen molar-refractivity contribution in [2.45, 2.75) is 81.1 Å². The van der Waals surface area contributed by atoms with Gasteiger partial charge in [-0.3, -0.25) is 9.69 Å². The summed E-state index contributed by atoms with van der Waals surface area (Å²) in [6, 6.07) is 3.94. The zero-order valence-corrected chi connectivity index (χ0v) is 21.5. The monoisotopic (exact) mass is 517 g/mol. The van der Waals surface area contributed by atoms with Crippen molar-refractivity contribution in [3.05, 3.63) is 35.1 Å². The number of carbonyl (C=O) groups excluding carboxylic acids is 1. The van der Waals surface area contributed by atoms with Gasteiger partial charge in [-0.25, -0.2) is 4.79 Å². The fourth-order valence-electron chi connectivity index (χ4n) is 6.34. The van der Waals surface area contributed by atoms with Gasteiger partial charge in [0.2, 0.25) is 6.79 Å². The van der Waals surface area contributed by atoms with E-state index in [2.05, 4.69) is 4.90 Å². The highest BCUT2D eigenvalue weighted by Gasteiger charge is 2.59. The summed E-state index contributed by atoms with van der Waals surface area (Å²) < 4.78 is 23.0. The Balaban J connectivity index is 1.54. The van der Waals surface area contributed by atoms with Crippen LogP contribution in [0.15, 0.2) is 24.0 Å². The Bertz CT molecular complexity index is 1130. The third-order valence-electron chi connectivity index (χ3n) is 8.17. The summed E-state index contributed by atoms with van der Waals surface area (Å²) in [5, 5.41) is 30.8. The predicted molar refractivity (Wildman–Crippen MR) is 130 cm³/mol. The van der Waals surface area contributed by atoms with E-state index in [1.807, 2.05) is 18.2 Å². The average molecular weight is 518 g/mol. The number of aliphatic hydroxyl groups is 2. The summed E-state index contributed by atoms with van der Waals surface area (Å²) in [7, 11) is 1.52. The molecule has 0 saturated carbocycles. The van der Waals surface area contributed by atoms with E-state index in [1.54, 1.807) is 0 Å². The molecule has 0 aromatic heterocycles. The van der Waals surface area contributed by atoms with Crippen molar-refractivity contribution >= 4 is 11.9 Å². The second kappa shape index (κ2) is 9.18. The Labute approximate surface area is 215 Å². The number of carboxylic acids is 1. The molecule has 4 aliphatic rings. The lowest BCUT2D eigenvalue weighted by molar-refractivity contribution is -0.178. The molecular weight excluding hydrogens is 482 g/mol. The van der Waals surface area contributed by atoms with Crippen LogP contribution in [0.5, 0.6) is 11.5 Å². The fraction of sp³-hybridized carbons (Fsp3) is 0.630. The van der Waals surface area contributed by atoms with Crippen molar-refractivity contribution in [2.75, 3.05) is 27.0 Å². The largest absolute Gasteiger partial charge is 0.497 e. The molecule has 1 aliphatic carbocycles. The maximum Gasteiger partial charge on any atom is 0.339 e. The Morgan fingerprint density at radius 3 is 2.57 bits per heavy atom. The minimum absolute atomic E-state index is 0.0109. The van der Waals surface area contributed by atoms with Crippen molar-refractivity contribution in [2.24, 2.45) is 0 Å². The number of ether oxygens (including phenoxy) is 4. The maximum absolute atomic E-state index is 13.5. The predicted octanol–water partition coefficient (Wildman–Crippen LogP) is 2.10. The summed E-state index contributed by atoms with van der Waals surface area (Å²) in [6.45, 7) is 4.91. The number of nitrogens with zero attached hydrogens (tertiary/aromatic N) is 1. The molecule has 10 nitrogen and oxygen atoms in total. The SMILES string of the molecule is COC1=C[C@]23CCCN2CCc2cc4c(cc2[C@@H]3[C@@H]1OC(=O)C(O)(CCC(C)(C)O)CC(=O)O)OCO4. The van der Waals surface area contributed by atoms with E-state index in [0.29, 0.717) is 17.3 Å². The maximum atomic E-state index is 13.5. The van der Waals surface area contributed by atoms with Gasteiger partial charge >= 0.3 is 11.9 Å². The van der Waals surface area contributed by atoms with E-state index >= 15 is 0 Å². The normalized spacial score (nSPS) is 27.9. The highest BCUT2D eigenvalue weighted by atomic mass is 16.7. The molecule has 3 N–H and O–H groups in total. The average Bonchev–Trinajstić information content (AvgIpc) is 3.50. The zero-order chi connectivity index (χ0) is 26.6. The van der Waals surface area contributed by atoms with Crippen LogP contribution in [0.4, 0.5) is 0 Å². The number of carboxylic acid groups (broad SMARTS) is 1. The first-order chi connectivity index (χ1) is 17.5. The molecule has 5 rings (SSSR count). The number of hydrogen-bond acceptors (Lipinski definition) is 9. The summed E-state index contributed by atoms with van der Waals surface area (Å²) in [5.74, 6) is -0.942. The molecule has 0 radical (unpaired) electrons. The van der Waals surface area contributed by atoms with Crippen LogP contribution in [0.25, 0.3) is 0 Å². The molecule has 0 bridgehead atoms. The summed E-state index contributed by atoms with van der Waals surface area (Å²) in [6.07, 6.45) is 2.67. The van der Waals surface area contributed by atoms with E-state index in [1.165, 1.54) is 21.0 Å². The molecule has 0 amide bonds. The third-order valence-corrected chi connectivity index (χ3v) is 8.17. The van der Waals surface area contributed by atoms with Crippen LogP contribution in [0, 0.1) is 0 Å². The van der Waals surface area contributed by atoms with Crippen LogP contribution >= 0.6 is 0 Å². The number of benzene rings is 1. The van der Waals surface area contributed by atoms with Gasteiger partial charge in [0.05, 0.1) is 30.6 Å². The van der Waals surface area contributed by atoms with Crippen LogP contribution in [0.1, 0.15) is 63.0 Å². The number of methoxy groups -OCH3 is 1. The second-order valence-electron chi connectivity index (χ2n) is 11.2. The van der Waals surface area contributed by atoms with Crippen molar-refractivity contribution in [1.29, 1.82) is 0 Å². The Kier molecular flexibility index (Phi) is 6.40. The Morgan fingerprint density at radius 1 is 1.16 bits per heavy atom. The van der Waals surface area contributed by atoms with E-state index in [-0.39, 0.29) is 25.6 Å². The van der Waals surface area contributed by atoms with Gasteiger partial charge in [0.1, 0.15) is 5.76 Å². The summed E-state index contributed by atoms with van der Waals surface area (Å²) in [4.78, 5) is 27.5. The van der Waals surface area contributed by atoms with Gasteiger partial charge in [-0.2, -0.15) is 0 Å². The van der Waals surface area contributed by atoms with Crippen molar-refractivity contribution in [3.8, 4) is 11.5 Å². The Morgan fingerprint density at radius 2 is 1.89 bits per heavy atom. The molecule has 1 spiro atoms. The molecule has 37 heavy (non-hydrogen) atoms. The number of aliphatic carboxylic acids is 1. The molecular formula is C27H35NO9. The van der Waals surface area contributed by atoms with Gasteiger partial charge in [0.25, 0.3) is 0 Å². The third kappa shape index (κ3) is 4.55. The quantitative estimate of drug-likeness (QED) is 0.440. The first-order valence-electron chi connectivity index (χ1n) is 12.8. The lowest BCUT2D eigenvalue weighted by Crippen LogP contribution is -2.49. The van der Waals surface area contributed by atoms with Gasteiger partial charge in [0, 0.05) is 6.54 Å². The highest BCUT2D eigenvalue weighted by molar-refractivity contribution is 5.85. The molecule has 202 valence electrons. The van der Waals surface area contributed by atoms with E-state index in [4.69, 9.17) is 18.9 Å². The van der Waals surface area contributed by atoms with Gasteiger partial charge in [-0.15, -0.1) is 0 Å². The molecule has 1 aromatic rings. The minimum atomic E-state index is -2.31. The molecule has 4 atom stereocenters. The molecule has 10 heteroatoms. The summed E-state index contributed by atoms with van der Waals surface area (Å²) >= 11 is 0. The molecule has 3 heterocycles. The molecule has 3 aliphatic heterocycles. The first kappa shape index (κ1) is 25.8. The lowest BCUT2D eigenvalue weighted by atomic mass is 9.77. The van der Waals surface area contributed by atoms with Crippen molar-refractivity contribution in [1.82, 2.24) is 4.90 Å². The Hall–Kier alpha value is -2.82. The van der Waals surface area contributed by atoms with E-state index < -0.39 is 41.2 Å². The molecule has 1 unspecified atom stereocenters. The molecule has 1 fully saturated rings. The highest BCUT2D eigenvalue weighted by Crippen LogP contribution is 2.55. The smallest absolute Gasteiger partial charge is 0.339 e. The van der Waals surface area contributed by atoms with Gasteiger partial charge in [-0.05, 0) is 81.8 Å². The van der Waals surface area contributed by atoms with Gasteiger partial charge in [0.15, 0.2) is 23.2 Å². The molecule has 1 aromatic carbocycles. The van der Waals surface area contributed by atoms with Crippen molar-refractivity contribution in [3.63, 3.8) is 0 Å². The first-order valence-corrected chi connectivity index (χ1v) is 12.8. The fourth-order valence-corrected chi connectivity index (χ4v) is 6.34. The van der Waals surface area contributed by atoms with Gasteiger partial charge < -0.3 is 34.3 Å². The second-order valence-corrected chi connectivity index (χ2v) is 11.2. The van der Waals surface area contributed by atoms with Crippen LogP contribution in [0.2, 0.25) is 0 Å². The topological polar surface area (TPSA) is 135 Å². The lowest BCUT2D eigenvalue weighted by Gasteiger charge is -2.39. The van der Waals surface area contributed by atoms with Crippen LogP contribution in [-0.2, 0) is 25.5 Å². The van der Waals surface area contributed by atoms with Crippen LogP contribution in [-0.4, -0.2) is 82.0 Å². The number of rotatable bonds is 8. The van der Waals surface area contributed by atoms with Crippen molar-refractivity contribution < 1.29 is 43.9 Å². The summed E-state index contributed by atoms with van der Waals surface area (Å²) in [5.41, 5.74) is -1.93. The van der Waals surface area contributed by atoms with Crippen LogP contribution in [0.3, 0.4) is 0 Å². The number of fused-ring (bicyclic) bond motifs is 3. The van der Waals surface area contributed by atoms with Crippen LogP contribution < -0.4 is 9.47 Å². The molecule has 1 saturated heterocycles. The minimum Gasteiger partial charge on any atom is -0.497 e. The number of esters is 1. The number of carbonyl (C=O) groups is 2. The standard InChI is InChI=1S/C27H35NO9/c1-25(2,32)7-8-27(33,14-21(29)30)24(31)37-23-20(34-3)13-26-6-4-9-28(26)10-5-16-11-18-19(36-15-35-18)12-17(16)22(23)26/h11-13,22-23,32-33H,4-10,14-15H2,1-3H3,(H,29,30)/t22-,23-,26+,27?/m1/s1. The zero-order valence-electron chi connectivity index (χ0n) is 21.5.